The summed E-state index contributed by atoms with van der Waals surface area (Å²) in [6.45, 7) is 2.65. The molecule has 2 aromatic heterocycles. The molecule has 96 valence electrons. The van der Waals surface area contributed by atoms with Gasteiger partial charge in [0.05, 0.1) is 12.7 Å². The van der Waals surface area contributed by atoms with Crippen LogP contribution in [0.15, 0.2) is 18.3 Å². The number of rotatable bonds is 4. The van der Waals surface area contributed by atoms with Crippen molar-refractivity contribution >= 4 is 17.5 Å². The number of anilines is 1. The first kappa shape index (κ1) is 12.3. The highest BCUT2D eigenvalue weighted by atomic mass is 19.1. The standard InChI is InChI=1S/C11H14FN5O/c1-3-16(2)10(18)6-13-11-14-9-5-4-8(12)7-17(9)15-11/h4-5,7H,3,6H2,1-2H3,(H,13,15). The third-order valence-corrected chi connectivity index (χ3v) is 2.59. The van der Waals surface area contributed by atoms with Crippen molar-refractivity contribution in [2.24, 2.45) is 0 Å². The SMILES string of the molecule is CCN(C)C(=O)CNc1nc2ccc(F)cn2n1. The predicted octanol–water partition coefficient (Wildman–Crippen LogP) is 0.759. The van der Waals surface area contributed by atoms with Crippen molar-refractivity contribution in [1.29, 1.82) is 0 Å². The van der Waals surface area contributed by atoms with E-state index in [4.69, 9.17) is 0 Å². The lowest BCUT2D eigenvalue weighted by molar-refractivity contribution is -0.127. The number of halogens is 1. The fourth-order valence-electron chi connectivity index (χ4n) is 1.40. The van der Waals surface area contributed by atoms with Gasteiger partial charge in [-0.25, -0.2) is 8.91 Å². The summed E-state index contributed by atoms with van der Waals surface area (Å²) in [5.74, 6) is -0.137. The first-order valence-corrected chi connectivity index (χ1v) is 5.60. The Morgan fingerprint density at radius 3 is 3.06 bits per heavy atom. The number of amides is 1. The van der Waals surface area contributed by atoms with E-state index in [2.05, 4.69) is 15.4 Å². The summed E-state index contributed by atoms with van der Waals surface area (Å²) >= 11 is 0. The maximum absolute atomic E-state index is 12.9. The van der Waals surface area contributed by atoms with Crippen LogP contribution in [-0.4, -0.2) is 45.5 Å². The molecule has 0 saturated heterocycles. The van der Waals surface area contributed by atoms with Gasteiger partial charge in [-0.2, -0.15) is 4.98 Å². The summed E-state index contributed by atoms with van der Waals surface area (Å²) in [7, 11) is 1.72. The number of carbonyl (C=O) groups excluding carboxylic acids is 1. The molecule has 0 atom stereocenters. The van der Waals surface area contributed by atoms with E-state index in [1.165, 1.54) is 22.8 Å². The third-order valence-electron chi connectivity index (χ3n) is 2.59. The smallest absolute Gasteiger partial charge is 0.243 e. The van der Waals surface area contributed by atoms with Gasteiger partial charge in [-0.15, -0.1) is 5.10 Å². The number of hydrogen-bond acceptors (Lipinski definition) is 4. The van der Waals surface area contributed by atoms with Gasteiger partial charge in [0.1, 0.15) is 5.82 Å². The van der Waals surface area contributed by atoms with Crippen LogP contribution in [-0.2, 0) is 4.79 Å². The van der Waals surface area contributed by atoms with Crippen molar-refractivity contribution in [1.82, 2.24) is 19.5 Å². The quantitative estimate of drug-likeness (QED) is 0.871. The lowest BCUT2D eigenvalue weighted by Gasteiger charge is -2.13. The van der Waals surface area contributed by atoms with Crippen LogP contribution < -0.4 is 5.32 Å². The Morgan fingerprint density at radius 1 is 1.56 bits per heavy atom. The minimum Gasteiger partial charge on any atom is -0.345 e. The van der Waals surface area contributed by atoms with Crippen LogP contribution in [0, 0.1) is 5.82 Å². The van der Waals surface area contributed by atoms with Crippen LogP contribution in [0.5, 0.6) is 0 Å². The third kappa shape index (κ3) is 2.55. The molecule has 0 aliphatic carbocycles. The van der Waals surface area contributed by atoms with E-state index in [0.29, 0.717) is 18.1 Å². The van der Waals surface area contributed by atoms with Gasteiger partial charge in [0.15, 0.2) is 5.65 Å². The average Bonchev–Trinajstić information content (AvgIpc) is 2.76. The minimum absolute atomic E-state index is 0.0532. The number of aromatic nitrogens is 3. The first-order valence-electron chi connectivity index (χ1n) is 5.60. The number of carbonyl (C=O) groups is 1. The maximum atomic E-state index is 12.9. The number of nitrogens with one attached hydrogen (secondary N) is 1. The van der Waals surface area contributed by atoms with E-state index in [1.54, 1.807) is 11.9 Å². The van der Waals surface area contributed by atoms with Crippen molar-refractivity contribution in [2.45, 2.75) is 6.92 Å². The summed E-state index contributed by atoms with van der Waals surface area (Å²) in [5.41, 5.74) is 0.523. The highest BCUT2D eigenvalue weighted by molar-refractivity contribution is 5.80. The average molecular weight is 251 g/mol. The molecule has 0 unspecified atom stereocenters. The van der Waals surface area contributed by atoms with Gasteiger partial charge in [-0.3, -0.25) is 4.79 Å². The summed E-state index contributed by atoms with van der Waals surface area (Å²) in [6.07, 6.45) is 1.23. The fraction of sp³-hybridized carbons (Fsp3) is 0.364. The van der Waals surface area contributed by atoms with Gasteiger partial charge >= 0.3 is 0 Å². The Balaban J connectivity index is 2.06. The molecule has 0 aliphatic rings. The van der Waals surface area contributed by atoms with E-state index in [0.717, 1.165) is 0 Å². The molecule has 0 aromatic carbocycles. The van der Waals surface area contributed by atoms with Crippen molar-refractivity contribution in [3.63, 3.8) is 0 Å². The predicted molar refractivity (Wildman–Crippen MR) is 64.7 cm³/mol. The molecule has 1 amide bonds. The first-order chi connectivity index (χ1) is 8.60. The summed E-state index contributed by atoms with van der Waals surface area (Å²) < 4.78 is 14.3. The molecular formula is C11H14FN5O. The Bertz CT molecular complexity index is 568. The van der Waals surface area contributed by atoms with Crippen molar-refractivity contribution < 1.29 is 9.18 Å². The molecular weight excluding hydrogens is 237 g/mol. The monoisotopic (exact) mass is 251 g/mol. The van der Waals surface area contributed by atoms with Crippen molar-refractivity contribution in [3.05, 3.63) is 24.1 Å². The molecule has 0 spiro atoms. The molecule has 6 nitrogen and oxygen atoms in total. The van der Waals surface area contributed by atoms with Crippen LogP contribution in [0.3, 0.4) is 0 Å². The minimum atomic E-state index is -0.388. The zero-order valence-electron chi connectivity index (χ0n) is 10.2. The number of likely N-dealkylation sites (N-methyl/N-ethyl adjacent to an activating group) is 1. The van der Waals surface area contributed by atoms with E-state index in [1.807, 2.05) is 6.92 Å². The van der Waals surface area contributed by atoms with Gasteiger partial charge in [0.25, 0.3) is 0 Å². The van der Waals surface area contributed by atoms with Crippen molar-refractivity contribution in [2.75, 3.05) is 25.5 Å². The van der Waals surface area contributed by atoms with Gasteiger partial charge in [-0.1, -0.05) is 0 Å². The molecule has 7 heteroatoms. The summed E-state index contributed by atoms with van der Waals surface area (Å²) in [5, 5.41) is 6.83. The second kappa shape index (κ2) is 4.99. The lowest BCUT2D eigenvalue weighted by atomic mass is 10.5. The van der Waals surface area contributed by atoms with Gasteiger partial charge in [-0.05, 0) is 19.1 Å². The van der Waals surface area contributed by atoms with Crippen LogP contribution in [0.2, 0.25) is 0 Å². The molecule has 2 aromatic rings. The topological polar surface area (TPSA) is 62.5 Å². The van der Waals surface area contributed by atoms with E-state index < -0.39 is 0 Å². The molecule has 0 saturated carbocycles. The molecule has 0 bridgehead atoms. The highest BCUT2D eigenvalue weighted by Gasteiger charge is 2.08. The normalized spacial score (nSPS) is 10.6. The van der Waals surface area contributed by atoms with Crippen LogP contribution in [0.25, 0.3) is 5.65 Å². The lowest BCUT2D eigenvalue weighted by Crippen LogP contribution is -2.32. The maximum Gasteiger partial charge on any atom is 0.243 e. The molecule has 2 rings (SSSR count). The Labute approximate surface area is 103 Å². The summed E-state index contributed by atoms with van der Waals surface area (Å²) in [4.78, 5) is 17.3. The number of hydrogen-bond donors (Lipinski definition) is 1. The zero-order chi connectivity index (χ0) is 13.1. The second-order valence-corrected chi connectivity index (χ2v) is 3.85. The Hall–Kier alpha value is -2.18. The fourth-order valence-corrected chi connectivity index (χ4v) is 1.40. The number of fused-ring (bicyclic) bond motifs is 1. The van der Waals surface area contributed by atoms with Gasteiger partial charge in [0.2, 0.25) is 11.9 Å². The van der Waals surface area contributed by atoms with Crippen LogP contribution >= 0.6 is 0 Å². The van der Waals surface area contributed by atoms with E-state index >= 15 is 0 Å². The van der Waals surface area contributed by atoms with E-state index in [9.17, 15) is 9.18 Å². The largest absolute Gasteiger partial charge is 0.345 e. The molecule has 0 fully saturated rings. The molecule has 18 heavy (non-hydrogen) atoms. The van der Waals surface area contributed by atoms with Gasteiger partial charge in [0, 0.05) is 13.6 Å². The molecule has 0 aliphatic heterocycles. The Morgan fingerprint density at radius 2 is 2.33 bits per heavy atom. The number of pyridine rings is 1. The van der Waals surface area contributed by atoms with Crippen LogP contribution in [0.4, 0.5) is 10.3 Å². The Kier molecular flexibility index (Phi) is 3.40. The molecule has 0 radical (unpaired) electrons. The van der Waals surface area contributed by atoms with Crippen molar-refractivity contribution in [3.8, 4) is 0 Å². The second-order valence-electron chi connectivity index (χ2n) is 3.85. The molecule has 1 N–H and O–H groups in total. The van der Waals surface area contributed by atoms with E-state index in [-0.39, 0.29) is 18.3 Å². The highest BCUT2D eigenvalue weighted by Crippen LogP contribution is 2.06. The van der Waals surface area contributed by atoms with Crippen LogP contribution in [0.1, 0.15) is 6.92 Å². The van der Waals surface area contributed by atoms with Gasteiger partial charge < -0.3 is 10.2 Å². The summed E-state index contributed by atoms with van der Waals surface area (Å²) in [6, 6.07) is 2.83. The molecule has 2 heterocycles. The number of nitrogens with zero attached hydrogens (tertiary/aromatic N) is 4. The zero-order valence-corrected chi connectivity index (χ0v) is 10.2.